The van der Waals surface area contributed by atoms with Crippen LogP contribution in [0.15, 0.2) is 18.2 Å². The van der Waals surface area contributed by atoms with Crippen molar-refractivity contribution in [3.63, 3.8) is 0 Å². The zero-order chi connectivity index (χ0) is 16.1. The van der Waals surface area contributed by atoms with Gasteiger partial charge in [0.15, 0.2) is 0 Å². The summed E-state index contributed by atoms with van der Waals surface area (Å²) in [4.78, 5) is 11.8. The lowest BCUT2D eigenvalue weighted by molar-refractivity contribution is 0.101. The van der Waals surface area contributed by atoms with Crippen molar-refractivity contribution in [3.8, 4) is 0 Å². The number of hydrogen-bond acceptors (Lipinski definition) is 2. The molecule has 1 aromatic rings. The molecule has 22 heavy (non-hydrogen) atoms. The fraction of sp³-hybridized carbons (Fsp3) is 0.562. The molecule has 1 saturated carbocycles. The molecule has 0 bridgehead atoms. The number of carbonyl (C=O) groups excluding carboxylic acids is 1. The van der Waals surface area contributed by atoms with Gasteiger partial charge in [-0.15, -0.1) is 0 Å². The summed E-state index contributed by atoms with van der Waals surface area (Å²) in [6.07, 6.45) is 3.19. The molecule has 0 spiro atoms. The molecule has 1 fully saturated rings. The number of hydrogen-bond donors (Lipinski definition) is 3. The van der Waals surface area contributed by atoms with Crippen molar-refractivity contribution in [3.05, 3.63) is 35.4 Å². The van der Waals surface area contributed by atoms with Gasteiger partial charge >= 0.3 is 6.03 Å². The summed E-state index contributed by atoms with van der Waals surface area (Å²) in [5.41, 5.74) is 0.240. The monoisotopic (exact) mass is 312 g/mol. The van der Waals surface area contributed by atoms with E-state index in [1.165, 1.54) is 6.07 Å². The molecule has 122 valence electrons. The molecule has 2 amide bonds. The van der Waals surface area contributed by atoms with Crippen LogP contribution in [0.3, 0.4) is 0 Å². The molecule has 3 atom stereocenters. The largest absolute Gasteiger partial charge is 0.393 e. The average Bonchev–Trinajstić information content (AvgIpc) is 2.45. The number of carbonyl (C=O) groups is 1. The smallest absolute Gasteiger partial charge is 0.315 e. The van der Waals surface area contributed by atoms with E-state index in [9.17, 15) is 18.7 Å². The van der Waals surface area contributed by atoms with Gasteiger partial charge in [0.25, 0.3) is 0 Å². The van der Waals surface area contributed by atoms with Crippen molar-refractivity contribution in [1.82, 2.24) is 10.6 Å². The summed E-state index contributed by atoms with van der Waals surface area (Å²) in [6, 6.07) is 2.34. The molecule has 4 nitrogen and oxygen atoms in total. The molecule has 1 aromatic carbocycles. The molecule has 0 aliphatic heterocycles. The molecule has 0 saturated heterocycles. The molecule has 3 N–H and O–H groups in total. The van der Waals surface area contributed by atoms with Gasteiger partial charge in [-0.25, -0.2) is 13.6 Å². The second-order valence-corrected chi connectivity index (χ2v) is 5.93. The lowest BCUT2D eigenvalue weighted by Crippen LogP contribution is -2.40. The third kappa shape index (κ3) is 4.66. The van der Waals surface area contributed by atoms with Crippen LogP contribution in [0, 0.1) is 17.6 Å². The molecule has 1 aliphatic rings. The first-order valence-electron chi connectivity index (χ1n) is 7.63. The Morgan fingerprint density at radius 2 is 2.18 bits per heavy atom. The second kappa shape index (κ2) is 7.54. The number of aliphatic hydroxyl groups excluding tert-OH is 1. The minimum absolute atomic E-state index is 0.240. The van der Waals surface area contributed by atoms with Crippen LogP contribution in [-0.4, -0.2) is 23.8 Å². The number of aliphatic hydroxyl groups is 1. The van der Waals surface area contributed by atoms with Crippen LogP contribution in [0.4, 0.5) is 13.6 Å². The van der Waals surface area contributed by atoms with Gasteiger partial charge in [0.05, 0.1) is 12.1 Å². The number of urea groups is 1. The fourth-order valence-electron chi connectivity index (χ4n) is 2.86. The highest BCUT2D eigenvalue weighted by atomic mass is 19.1. The van der Waals surface area contributed by atoms with Gasteiger partial charge in [-0.05, 0) is 38.2 Å². The summed E-state index contributed by atoms with van der Waals surface area (Å²) in [7, 11) is 0. The number of rotatable bonds is 4. The standard InChI is InChI=1S/C16H22F2N2O2/c1-10(14-6-5-12(17)8-15(14)18)20-16(22)19-9-11-3-2-4-13(21)7-11/h5-6,8,10-11,13,21H,2-4,7,9H2,1H3,(H2,19,20,22). The van der Waals surface area contributed by atoms with Crippen LogP contribution in [0.2, 0.25) is 0 Å². The maximum atomic E-state index is 13.6. The van der Waals surface area contributed by atoms with Crippen molar-refractivity contribution in [1.29, 1.82) is 0 Å². The first-order valence-corrected chi connectivity index (χ1v) is 7.63. The zero-order valence-electron chi connectivity index (χ0n) is 12.6. The van der Waals surface area contributed by atoms with Gasteiger partial charge in [-0.1, -0.05) is 12.5 Å². The Balaban J connectivity index is 1.81. The van der Waals surface area contributed by atoms with Gasteiger partial charge in [0.1, 0.15) is 11.6 Å². The molecule has 3 unspecified atom stereocenters. The normalized spacial score (nSPS) is 22.9. The van der Waals surface area contributed by atoms with Gasteiger partial charge in [0.2, 0.25) is 0 Å². The predicted molar refractivity (Wildman–Crippen MR) is 79.3 cm³/mol. The molecular weight excluding hydrogens is 290 g/mol. The third-order valence-corrected chi connectivity index (χ3v) is 4.08. The lowest BCUT2D eigenvalue weighted by Gasteiger charge is -2.26. The van der Waals surface area contributed by atoms with Crippen LogP contribution < -0.4 is 10.6 Å². The van der Waals surface area contributed by atoms with E-state index in [0.717, 1.165) is 31.4 Å². The summed E-state index contributed by atoms with van der Waals surface area (Å²) in [5, 5.41) is 15.0. The lowest BCUT2D eigenvalue weighted by atomic mass is 9.87. The molecule has 0 aromatic heterocycles. The van der Waals surface area contributed by atoms with Crippen molar-refractivity contribution >= 4 is 6.03 Å². The van der Waals surface area contributed by atoms with E-state index < -0.39 is 23.7 Å². The van der Waals surface area contributed by atoms with Crippen LogP contribution in [0.5, 0.6) is 0 Å². The Labute approximate surface area is 128 Å². The molecular formula is C16H22F2N2O2. The van der Waals surface area contributed by atoms with Gasteiger partial charge in [-0.3, -0.25) is 0 Å². The highest BCUT2D eigenvalue weighted by molar-refractivity contribution is 5.74. The van der Waals surface area contributed by atoms with E-state index in [1.807, 2.05) is 0 Å². The molecule has 6 heteroatoms. The highest BCUT2D eigenvalue weighted by Gasteiger charge is 2.21. The maximum Gasteiger partial charge on any atom is 0.315 e. The Kier molecular flexibility index (Phi) is 5.71. The van der Waals surface area contributed by atoms with Crippen LogP contribution in [0.1, 0.15) is 44.2 Å². The SMILES string of the molecule is CC(NC(=O)NCC1CCCC(O)C1)c1ccc(F)cc1F. The first kappa shape index (κ1) is 16.7. The van der Waals surface area contributed by atoms with Crippen molar-refractivity contribution < 1.29 is 18.7 Å². The van der Waals surface area contributed by atoms with E-state index in [-0.39, 0.29) is 17.6 Å². The quantitative estimate of drug-likeness (QED) is 0.800. The Morgan fingerprint density at radius 3 is 2.86 bits per heavy atom. The third-order valence-electron chi connectivity index (χ3n) is 4.08. The minimum Gasteiger partial charge on any atom is -0.393 e. The van der Waals surface area contributed by atoms with Crippen LogP contribution >= 0.6 is 0 Å². The fourth-order valence-corrected chi connectivity index (χ4v) is 2.86. The van der Waals surface area contributed by atoms with Gasteiger partial charge in [0, 0.05) is 18.2 Å². The van der Waals surface area contributed by atoms with E-state index in [1.54, 1.807) is 6.92 Å². The van der Waals surface area contributed by atoms with E-state index in [2.05, 4.69) is 10.6 Å². The molecule has 2 rings (SSSR count). The van der Waals surface area contributed by atoms with Crippen LogP contribution in [0.25, 0.3) is 0 Å². The average molecular weight is 312 g/mol. The maximum absolute atomic E-state index is 13.6. The summed E-state index contributed by atoms with van der Waals surface area (Å²) >= 11 is 0. The molecule has 0 heterocycles. The first-order chi connectivity index (χ1) is 10.5. The highest BCUT2D eigenvalue weighted by Crippen LogP contribution is 2.23. The van der Waals surface area contributed by atoms with E-state index in [4.69, 9.17) is 0 Å². The molecule has 1 aliphatic carbocycles. The van der Waals surface area contributed by atoms with Crippen LogP contribution in [-0.2, 0) is 0 Å². The number of nitrogens with one attached hydrogen (secondary N) is 2. The topological polar surface area (TPSA) is 61.4 Å². The van der Waals surface area contributed by atoms with Gasteiger partial charge < -0.3 is 15.7 Å². The Hall–Kier alpha value is -1.69. The van der Waals surface area contributed by atoms with E-state index >= 15 is 0 Å². The van der Waals surface area contributed by atoms with Crippen molar-refractivity contribution in [2.24, 2.45) is 5.92 Å². The van der Waals surface area contributed by atoms with Gasteiger partial charge in [-0.2, -0.15) is 0 Å². The second-order valence-electron chi connectivity index (χ2n) is 5.93. The zero-order valence-corrected chi connectivity index (χ0v) is 12.6. The summed E-state index contributed by atoms with van der Waals surface area (Å²) < 4.78 is 26.5. The number of amides is 2. The predicted octanol–water partition coefficient (Wildman–Crippen LogP) is 2.88. The Morgan fingerprint density at radius 1 is 1.41 bits per heavy atom. The number of benzene rings is 1. The minimum atomic E-state index is -0.678. The van der Waals surface area contributed by atoms with E-state index in [0.29, 0.717) is 13.0 Å². The Bertz CT molecular complexity index is 525. The summed E-state index contributed by atoms with van der Waals surface area (Å²) in [6.45, 7) is 2.13. The van der Waals surface area contributed by atoms with Crippen molar-refractivity contribution in [2.45, 2.75) is 44.8 Å². The molecule has 0 radical (unpaired) electrons. The summed E-state index contributed by atoms with van der Waals surface area (Å²) in [5.74, 6) is -1.05. The number of halogens is 2. The van der Waals surface area contributed by atoms with Crippen molar-refractivity contribution in [2.75, 3.05) is 6.54 Å².